The van der Waals surface area contributed by atoms with Gasteiger partial charge in [0.2, 0.25) is 0 Å². The standard InChI is InChI=1S/C20H33N4O5P/c1-7-16-17(11-18(28-16)23-12-15(6)19(25)22-20(23)26)29-30(27-10-8-9-21)24(13(2)3)14(4)5/h12-14,16-18H,7-8,10-11H2,1-6H3,(H,22,25,26)/t16-,17+,18+,30?/m0/s1. The third kappa shape index (κ3) is 5.99. The van der Waals surface area contributed by atoms with Crippen molar-refractivity contribution < 1.29 is 13.8 Å². The van der Waals surface area contributed by atoms with E-state index >= 15 is 0 Å². The number of H-pyrrole nitrogens is 1. The highest BCUT2D eigenvalue weighted by molar-refractivity contribution is 7.44. The van der Waals surface area contributed by atoms with E-state index in [2.05, 4.69) is 43.4 Å². The van der Waals surface area contributed by atoms with Crippen LogP contribution in [0.3, 0.4) is 0 Å². The van der Waals surface area contributed by atoms with Gasteiger partial charge in [-0.1, -0.05) is 6.92 Å². The van der Waals surface area contributed by atoms with Crippen molar-refractivity contribution in [3.05, 3.63) is 32.6 Å². The van der Waals surface area contributed by atoms with Gasteiger partial charge in [0.05, 0.1) is 31.3 Å². The van der Waals surface area contributed by atoms with Gasteiger partial charge in [0.15, 0.2) is 0 Å². The lowest BCUT2D eigenvalue weighted by atomic mass is 10.1. The molecular formula is C20H33N4O5P. The first-order valence-electron chi connectivity index (χ1n) is 10.4. The van der Waals surface area contributed by atoms with Crippen molar-refractivity contribution in [1.82, 2.24) is 14.2 Å². The molecule has 1 unspecified atom stereocenters. The minimum absolute atomic E-state index is 0.195. The summed E-state index contributed by atoms with van der Waals surface area (Å²) in [5, 5.41) is 8.87. The maximum Gasteiger partial charge on any atom is 0.330 e. The molecule has 1 N–H and O–H groups in total. The Labute approximate surface area is 178 Å². The largest absolute Gasteiger partial charge is 0.352 e. The van der Waals surface area contributed by atoms with Gasteiger partial charge in [0.25, 0.3) is 14.1 Å². The summed E-state index contributed by atoms with van der Waals surface area (Å²) in [4.78, 5) is 26.3. The Morgan fingerprint density at radius 3 is 2.60 bits per heavy atom. The minimum atomic E-state index is -1.41. The maximum absolute atomic E-state index is 12.3. The fourth-order valence-electron chi connectivity index (χ4n) is 3.55. The number of hydrogen-bond donors (Lipinski definition) is 1. The van der Waals surface area contributed by atoms with Crippen molar-refractivity contribution in [1.29, 1.82) is 5.26 Å². The van der Waals surface area contributed by atoms with Crippen LogP contribution in [0.5, 0.6) is 0 Å². The summed E-state index contributed by atoms with van der Waals surface area (Å²) in [5.74, 6) is 0. The predicted octanol–water partition coefficient (Wildman–Crippen LogP) is 3.20. The number of nitrogens with zero attached hydrogens (tertiary/aromatic N) is 3. The average Bonchev–Trinajstić information content (AvgIpc) is 3.06. The smallest absolute Gasteiger partial charge is 0.330 e. The van der Waals surface area contributed by atoms with E-state index < -0.39 is 26.0 Å². The molecule has 0 bridgehead atoms. The SMILES string of the molecule is CC[C@@H]1O[C@@H](n2cc(C)c(=O)[nH]c2=O)C[C@H]1OP(OCCC#N)N(C(C)C)C(C)C. The number of nitrogens with one attached hydrogen (secondary N) is 1. The van der Waals surface area contributed by atoms with Crippen molar-refractivity contribution in [2.45, 2.75) is 91.3 Å². The van der Waals surface area contributed by atoms with E-state index in [1.54, 1.807) is 6.92 Å². The van der Waals surface area contributed by atoms with E-state index in [0.29, 0.717) is 31.4 Å². The van der Waals surface area contributed by atoms with Crippen molar-refractivity contribution in [2.75, 3.05) is 6.61 Å². The summed E-state index contributed by atoms with van der Waals surface area (Å²) in [7, 11) is -1.41. The highest BCUT2D eigenvalue weighted by Gasteiger charge is 2.40. The van der Waals surface area contributed by atoms with Crippen LogP contribution < -0.4 is 11.2 Å². The number of aryl methyl sites for hydroxylation is 1. The fraction of sp³-hybridized carbons (Fsp3) is 0.750. The maximum atomic E-state index is 12.3. The van der Waals surface area contributed by atoms with E-state index in [9.17, 15) is 9.59 Å². The van der Waals surface area contributed by atoms with Gasteiger partial charge in [-0.05, 0) is 41.0 Å². The van der Waals surface area contributed by atoms with Gasteiger partial charge < -0.3 is 13.8 Å². The summed E-state index contributed by atoms with van der Waals surface area (Å²) in [5.41, 5.74) is -0.443. The number of rotatable bonds is 10. The van der Waals surface area contributed by atoms with Gasteiger partial charge in [-0.15, -0.1) is 0 Å². The van der Waals surface area contributed by atoms with Crippen molar-refractivity contribution in [3.8, 4) is 6.07 Å². The van der Waals surface area contributed by atoms with E-state index in [1.165, 1.54) is 10.8 Å². The van der Waals surface area contributed by atoms with E-state index in [1.807, 2.05) is 6.92 Å². The Kier molecular flexibility index (Phi) is 9.20. The molecule has 1 aliphatic rings. The minimum Gasteiger partial charge on any atom is -0.352 e. The predicted molar refractivity (Wildman–Crippen MR) is 115 cm³/mol. The Bertz CT molecular complexity index is 839. The van der Waals surface area contributed by atoms with Crippen LogP contribution in [0.1, 0.15) is 65.7 Å². The zero-order valence-electron chi connectivity index (χ0n) is 18.6. The molecule has 0 spiro atoms. The van der Waals surface area contributed by atoms with Gasteiger partial charge in [-0.25, -0.2) is 9.46 Å². The monoisotopic (exact) mass is 440 g/mol. The summed E-state index contributed by atoms with van der Waals surface area (Å²) in [6, 6.07) is 2.49. The number of hydrogen-bond acceptors (Lipinski definition) is 7. The lowest BCUT2D eigenvalue weighted by molar-refractivity contribution is -0.0202. The molecule has 1 aromatic heterocycles. The van der Waals surface area contributed by atoms with E-state index in [-0.39, 0.29) is 24.3 Å². The highest BCUT2D eigenvalue weighted by atomic mass is 31.2. The molecule has 2 heterocycles. The van der Waals surface area contributed by atoms with Crippen molar-refractivity contribution >= 4 is 8.53 Å². The molecule has 9 nitrogen and oxygen atoms in total. The zero-order valence-corrected chi connectivity index (χ0v) is 19.5. The van der Waals surface area contributed by atoms with Crippen LogP contribution in [-0.2, 0) is 13.8 Å². The third-order valence-electron chi connectivity index (χ3n) is 4.93. The van der Waals surface area contributed by atoms with Crippen LogP contribution in [0, 0.1) is 18.3 Å². The number of aromatic amines is 1. The molecule has 4 atom stereocenters. The second-order valence-corrected chi connectivity index (χ2v) is 9.35. The quantitative estimate of drug-likeness (QED) is 0.439. The lowest BCUT2D eigenvalue weighted by Crippen LogP contribution is -2.35. The summed E-state index contributed by atoms with van der Waals surface area (Å²) in [6.07, 6.45) is 2.00. The highest BCUT2D eigenvalue weighted by Crippen LogP contribution is 2.50. The second kappa shape index (κ2) is 11.2. The molecule has 1 aromatic rings. The molecule has 2 rings (SSSR count). The van der Waals surface area contributed by atoms with E-state index in [0.717, 1.165) is 0 Å². The van der Waals surface area contributed by atoms with Crippen LogP contribution in [0.2, 0.25) is 0 Å². The molecule has 1 aliphatic heterocycles. The fourth-order valence-corrected chi connectivity index (χ4v) is 5.31. The third-order valence-corrected chi connectivity index (χ3v) is 7.08. The van der Waals surface area contributed by atoms with E-state index in [4.69, 9.17) is 19.0 Å². The van der Waals surface area contributed by atoms with Crippen LogP contribution >= 0.6 is 8.53 Å². The molecule has 0 saturated carbocycles. The zero-order chi connectivity index (χ0) is 22.4. The molecule has 168 valence electrons. The lowest BCUT2D eigenvalue weighted by Gasteiger charge is -2.37. The summed E-state index contributed by atoms with van der Waals surface area (Å²) in [6.45, 7) is 12.3. The molecule has 0 aromatic carbocycles. The van der Waals surface area contributed by atoms with Gasteiger partial charge in [0, 0.05) is 30.3 Å². The molecule has 10 heteroatoms. The molecule has 0 radical (unpaired) electrons. The Morgan fingerprint density at radius 1 is 1.37 bits per heavy atom. The molecular weight excluding hydrogens is 407 g/mol. The number of nitriles is 1. The number of aromatic nitrogens is 2. The van der Waals surface area contributed by atoms with Gasteiger partial charge in [0.1, 0.15) is 6.23 Å². The molecule has 1 saturated heterocycles. The second-order valence-electron chi connectivity index (χ2n) is 7.94. The Balaban J connectivity index is 2.24. The van der Waals surface area contributed by atoms with Gasteiger partial charge in [-0.3, -0.25) is 14.3 Å². The van der Waals surface area contributed by atoms with Crippen LogP contribution in [0.25, 0.3) is 0 Å². The van der Waals surface area contributed by atoms with Gasteiger partial charge >= 0.3 is 5.69 Å². The van der Waals surface area contributed by atoms with Gasteiger partial charge in [-0.2, -0.15) is 5.26 Å². The molecule has 1 fully saturated rings. The normalized spacial score (nSPS) is 22.7. The summed E-state index contributed by atoms with van der Waals surface area (Å²) >= 11 is 0. The van der Waals surface area contributed by atoms with Crippen LogP contribution in [0.4, 0.5) is 0 Å². The Hall–Kier alpha value is -1.56. The topological polar surface area (TPSA) is 110 Å². The van der Waals surface area contributed by atoms with Crippen LogP contribution in [-0.4, -0.2) is 45.1 Å². The van der Waals surface area contributed by atoms with Crippen LogP contribution in [0.15, 0.2) is 15.8 Å². The molecule has 0 amide bonds. The summed E-state index contributed by atoms with van der Waals surface area (Å²) < 4.78 is 22.1. The molecule has 0 aliphatic carbocycles. The molecule has 30 heavy (non-hydrogen) atoms. The average molecular weight is 440 g/mol. The first-order valence-corrected chi connectivity index (χ1v) is 11.5. The first-order chi connectivity index (χ1) is 14.2. The van der Waals surface area contributed by atoms with Crippen molar-refractivity contribution in [3.63, 3.8) is 0 Å². The first kappa shape index (κ1) is 24.7. The van der Waals surface area contributed by atoms with Crippen molar-refractivity contribution in [2.24, 2.45) is 0 Å². The Morgan fingerprint density at radius 2 is 2.03 bits per heavy atom. The number of ether oxygens (including phenoxy) is 1.